The van der Waals surface area contributed by atoms with Crippen LogP contribution in [0.4, 0.5) is 5.69 Å². The van der Waals surface area contributed by atoms with E-state index < -0.39 is 10.8 Å². The molecule has 1 aromatic heterocycles. The van der Waals surface area contributed by atoms with Gasteiger partial charge in [0.2, 0.25) is 5.75 Å². The molecule has 144 valence electrons. The molecule has 2 N–H and O–H groups in total. The fourth-order valence-corrected chi connectivity index (χ4v) is 3.40. The van der Waals surface area contributed by atoms with Gasteiger partial charge in [-0.3, -0.25) is 14.9 Å². The Kier molecular flexibility index (Phi) is 5.41. The van der Waals surface area contributed by atoms with Crippen molar-refractivity contribution < 1.29 is 24.3 Å². The number of carbonyl (C=O) groups excluding carboxylic acids is 1. The molecule has 1 amide bonds. The van der Waals surface area contributed by atoms with Crippen molar-refractivity contribution in [2.75, 3.05) is 14.2 Å². The topological polar surface area (TPSA) is 123 Å². The fraction of sp³-hybridized carbons (Fsp3) is 0.111. The summed E-state index contributed by atoms with van der Waals surface area (Å²) in [5.41, 5.74) is 2.90. The summed E-state index contributed by atoms with van der Waals surface area (Å²) < 4.78 is 10.9. The molecule has 0 bridgehead atoms. The van der Waals surface area contributed by atoms with E-state index in [0.29, 0.717) is 15.8 Å². The predicted octanol–water partition coefficient (Wildman–Crippen LogP) is 3.30. The minimum Gasteiger partial charge on any atom is -0.502 e. The Morgan fingerprint density at radius 2 is 1.89 bits per heavy atom. The normalized spacial score (nSPS) is 10.9. The summed E-state index contributed by atoms with van der Waals surface area (Å²) in [7, 11) is 2.81. The first-order valence-electron chi connectivity index (χ1n) is 7.89. The summed E-state index contributed by atoms with van der Waals surface area (Å²) in [5, 5.41) is 25.3. The Balaban J connectivity index is 1.77. The second kappa shape index (κ2) is 7.92. The zero-order chi connectivity index (χ0) is 20.3. The molecule has 10 heteroatoms. The highest BCUT2D eigenvalue weighted by Crippen LogP contribution is 2.36. The number of nitrogens with zero attached hydrogens (tertiary/aromatic N) is 2. The Bertz CT molecular complexity index is 1070. The molecule has 0 fully saturated rings. The Morgan fingerprint density at radius 3 is 2.50 bits per heavy atom. The number of aromatic hydroxyl groups is 1. The van der Waals surface area contributed by atoms with Crippen LogP contribution in [0.2, 0.25) is 0 Å². The van der Waals surface area contributed by atoms with E-state index in [1.807, 2.05) is 0 Å². The van der Waals surface area contributed by atoms with Crippen LogP contribution in [0, 0.1) is 10.1 Å². The summed E-state index contributed by atoms with van der Waals surface area (Å²) >= 11 is 1.20. The second-order valence-corrected chi connectivity index (χ2v) is 6.65. The molecule has 1 heterocycles. The number of nitrogens with one attached hydrogen (secondary N) is 1. The summed E-state index contributed by atoms with van der Waals surface area (Å²) in [4.78, 5) is 23.0. The van der Waals surface area contributed by atoms with Crippen molar-refractivity contribution in [1.82, 2.24) is 5.43 Å². The number of carbonyl (C=O) groups is 1. The number of methoxy groups -OCH3 is 2. The molecule has 28 heavy (non-hydrogen) atoms. The van der Waals surface area contributed by atoms with Crippen LogP contribution in [0.25, 0.3) is 10.1 Å². The number of benzene rings is 2. The largest absolute Gasteiger partial charge is 0.502 e. The lowest BCUT2D eigenvalue weighted by Crippen LogP contribution is -2.16. The number of rotatable bonds is 6. The van der Waals surface area contributed by atoms with Gasteiger partial charge in [0.05, 0.1) is 30.2 Å². The number of non-ortho nitro benzene ring substituents is 1. The van der Waals surface area contributed by atoms with Gasteiger partial charge in [0.15, 0.2) is 11.5 Å². The number of hydrogen-bond acceptors (Lipinski definition) is 8. The van der Waals surface area contributed by atoms with Gasteiger partial charge in [-0.25, -0.2) is 5.43 Å². The van der Waals surface area contributed by atoms with Crippen LogP contribution in [0.3, 0.4) is 0 Å². The van der Waals surface area contributed by atoms with Crippen LogP contribution in [0.5, 0.6) is 17.2 Å². The van der Waals surface area contributed by atoms with Crippen molar-refractivity contribution >= 4 is 39.2 Å². The maximum Gasteiger partial charge on any atom is 0.281 e. The van der Waals surface area contributed by atoms with Crippen LogP contribution in [-0.4, -0.2) is 36.4 Å². The molecule has 3 aromatic rings. The van der Waals surface area contributed by atoms with E-state index in [9.17, 15) is 20.0 Å². The number of ether oxygens (including phenoxy) is 2. The fourth-order valence-electron chi connectivity index (χ4n) is 2.47. The molecule has 0 aliphatic rings. The summed E-state index contributed by atoms with van der Waals surface area (Å²) in [6.45, 7) is 0. The van der Waals surface area contributed by atoms with Crippen LogP contribution < -0.4 is 14.9 Å². The first-order valence-corrected chi connectivity index (χ1v) is 8.71. The van der Waals surface area contributed by atoms with Gasteiger partial charge in [-0.1, -0.05) is 0 Å². The number of hydrazone groups is 1. The number of fused-ring (bicyclic) bond motifs is 1. The Morgan fingerprint density at radius 1 is 1.21 bits per heavy atom. The molecule has 0 unspecified atom stereocenters. The number of phenols is 1. The number of nitro groups is 1. The average molecular weight is 401 g/mol. The van der Waals surface area contributed by atoms with Crippen LogP contribution >= 0.6 is 11.3 Å². The van der Waals surface area contributed by atoms with E-state index >= 15 is 0 Å². The smallest absolute Gasteiger partial charge is 0.281 e. The molecule has 0 saturated heterocycles. The van der Waals surface area contributed by atoms with Crippen LogP contribution in [-0.2, 0) is 0 Å². The summed E-state index contributed by atoms with van der Waals surface area (Å²) in [5.74, 6) is -0.167. The number of amides is 1. The molecular formula is C18H15N3O6S. The summed E-state index contributed by atoms with van der Waals surface area (Å²) in [6, 6.07) is 9.06. The standard InChI is InChI=1S/C18H15N3O6S/c1-26-13-5-10(6-14(27-2)17(13)22)9-19-20-18(23)16-8-11-7-12(21(24)25)3-4-15(11)28-16/h3-9,22H,1-2H3,(H,20,23)/b19-9+. The van der Waals surface area contributed by atoms with Gasteiger partial charge in [0, 0.05) is 27.8 Å². The quantitative estimate of drug-likeness (QED) is 0.371. The molecule has 0 atom stereocenters. The Hall–Kier alpha value is -3.66. The molecule has 2 aromatic carbocycles. The lowest BCUT2D eigenvalue weighted by molar-refractivity contribution is -0.384. The molecule has 9 nitrogen and oxygen atoms in total. The van der Waals surface area contributed by atoms with E-state index in [2.05, 4.69) is 10.5 Å². The highest BCUT2D eigenvalue weighted by molar-refractivity contribution is 7.20. The molecule has 0 saturated carbocycles. The van der Waals surface area contributed by atoms with Crippen molar-refractivity contribution in [2.24, 2.45) is 5.10 Å². The number of hydrogen-bond donors (Lipinski definition) is 2. The zero-order valence-electron chi connectivity index (χ0n) is 14.8. The molecular weight excluding hydrogens is 386 g/mol. The third-order valence-corrected chi connectivity index (χ3v) is 4.93. The van der Waals surface area contributed by atoms with Crippen molar-refractivity contribution in [3.63, 3.8) is 0 Å². The SMILES string of the molecule is COc1cc(/C=N/NC(=O)c2cc3cc([N+](=O)[O-])ccc3s2)cc(OC)c1O. The average Bonchev–Trinajstić information content (AvgIpc) is 3.12. The van der Waals surface area contributed by atoms with Gasteiger partial charge < -0.3 is 14.6 Å². The van der Waals surface area contributed by atoms with Gasteiger partial charge in [0.1, 0.15) is 0 Å². The molecule has 0 aliphatic heterocycles. The monoisotopic (exact) mass is 401 g/mol. The highest BCUT2D eigenvalue weighted by atomic mass is 32.1. The zero-order valence-corrected chi connectivity index (χ0v) is 15.6. The van der Waals surface area contributed by atoms with Gasteiger partial charge in [-0.05, 0) is 24.3 Å². The van der Waals surface area contributed by atoms with Gasteiger partial charge >= 0.3 is 0 Å². The maximum absolute atomic E-state index is 12.3. The Labute approximate surface area is 163 Å². The number of nitro benzene ring substituents is 1. The third kappa shape index (κ3) is 3.86. The lowest BCUT2D eigenvalue weighted by Gasteiger charge is -2.09. The third-order valence-electron chi connectivity index (χ3n) is 3.82. The predicted molar refractivity (Wildman–Crippen MR) is 105 cm³/mol. The van der Waals surface area contributed by atoms with Crippen molar-refractivity contribution in [1.29, 1.82) is 0 Å². The first-order chi connectivity index (χ1) is 13.4. The van der Waals surface area contributed by atoms with Gasteiger partial charge in [-0.15, -0.1) is 11.3 Å². The van der Waals surface area contributed by atoms with E-state index in [1.54, 1.807) is 12.1 Å². The molecule has 0 spiro atoms. The molecule has 3 rings (SSSR count). The van der Waals surface area contributed by atoms with Crippen molar-refractivity contribution in [3.05, 3.63) is 57.0 Å². The first kappa shape index (κ1) is 19.1. The van der Waals surface area contributed by atoms with Crippen LogP contribution in [0.1, 0.15) is 15.2 Å². The highest BCUT2D eigenvalue weighted by Gasteiger charge is 2.13. The van der Waals surface area contributed by atoms with Gasteiger partial charge in [-0.2, -0.15) is 5.10 Å². The second-order valence-electron chi connectivity index (χ2n) is 5.56. The van der Waals surface area contributed by atoms with Crippen LogP contribution in [0.15, 0.2) is 41.5 Å². The van der Waals surface area contributed by atoms with Crippen molar-refractivity contribution in [2.45, 2.75) is 0 Å². The van der Waals surface area contributed by atoms with E-state index in [1.165, 1.54) is 56.0 Å². The number of phenolic OH excluding ortho intramolecular Hbond substituents is 1. The van der Waals surface area contributed by atoms with E-state index in [-0.39, 0.29) is 22.9 Å². The van der Waals surface area contributed by atoms with E-state index in [0.717, 1.165) is 4.70 Å². The van der Waals surface area contributed by atoms with E-state index in [4.69, 9.17) is 9.47 Å². The minimum atomic E-state index is -0.485. The maximum atomic E-state index is 12.3. The lowest BCUT2D eigenvalue weighted by atomic mass is 10.2. The molecule has 0 radical (unpaired) electrons. The molecule has 0 aliphatic carbocycles. The summed E-state index contributed by atoms with van der Waals surface area (Å²) in [6.07, 6.45) is 1.38. The van der Waals surface area contributed by atoms with Gasteiger partial charge in [0.25, 0.3) is 11.6 Å². The number of thiophene rings is 1. The van der Waals surface area contributed by atoms with Crippen molar-refractivity contribution in [3.8, 4) is 17.2 Å². The minimum absolute atomic E-state index is 0.0366.